The molecule has 20 heavy (non-hydrogen) atoms. The number of carbonyl (C=O) groups is 2. The van der Waals surface area contributed by atoms with Crippen molar-refractivity contribution in [2.75, 3.05) is 31.6 Å². The highest BCUT2D eigenvalue weighted by atomic mass is 16.5. The molecule has 0 atom stereocenters. The van der Waals surface area contributed by atoms with Gasteiger partial charge in [-0.25, -0.2) is 9.59 Å². The molecule has 2 rings (SSSR count). The molecule has 1 aliphatic rings. The van der Waals surface area contributed by atoms with E-state index in [-0.39, 0.29) is 11.6 Å². The van der Waals surface area contributed by atoms with Crippen molar-refractivity contribution < 1.29 is 19.4 Å². The van der Waals surface area contributed by atoms with Gasteiger partial charge in [-0.1, -0.05) is 6.07 Å². The van der Waals surface area contributed by atoms with Crippen LogP contribution in [-0.4, -0.2) is 48.3 Å². The lowest BCUT2D eigenvalue weighted by Gasteiger charge is -2.21. The number of carbonyl (C=O) groups excluding carboxylic acids is 1. The van der Waals surface area contributed by atoms with E-state index in [0.717, 1.165) is 6.42 Å². The van der Waals surface area contributed by atoms with Crippen molar-refractivity contribution in [2.24, 2.45) is 0 Å². The van der Waals surface area contributed by atoms with Crippen LogP contribution < -0.4 is 5.32 Å². The van der Waals surface area contributed by atoms with Crippen molar-refractivity contribution in [1.29, 1.82) is 0 Å². The first-order valence-corrected chi connectivity index (χ1v) is 6.56. The molecule has 0 aliphatic carbocycles. The average Bonchev–Trinajstić information content (AvgIpc) is 2.69. The Morgan fingerprint density at radius 2 is 2.10 bits per heavy atom. The Bertz CT molecular complexity index is 508. The number of nitrogens with one attached hydrogen (secondary N) is 1. The fourth-order valence-corrected chi connectivity index (χ4v) is 2.15. The fraction of sp³-hybridized carbons (Fsp3) is 0.429. The molecule has 1 heterocycles. The molecule has 1 saturated heterocycles. The van der Waals surface area contributed by atoms with Crippen LogP contribution in [0.4, 0.5) is 10.5 Å². The molecule has 1 aromatic carbocycles. The number of anilines is 1. The lowest BCUT2D eigenvalue weighted by atomic mass is 10.1. The van der Waals surface area contributed by atoms with E-state index in [0.29, 0.717) is 37.6 Å². The molecule has 0 spiro atoms. The summed E-state index contributed by atoms with van der Waals surface area (Å²) in [6.07, 6.45) is 0.807. The Hall–Kier alpha value is -2.08. The highest BCUT2D eigenvalue weighted by Gasteiger charge is 2.17. The maximum atomic E-state index is 12.2. The molecule has 6 heteroatoms. The van der Waals surface area contributed by atoms with Crippen LogP contribution >= 0.6 is 0 Å². The van der Waals surface area contributed by atoms with Gasteiger partial charge in [0.1, 0.15) is 0 Å². The number of aromatic carboxylic acids is 1. The van der Waals surface area contributed by atoms with E-state index < -0.39 is 5.97 Å². The Kier molecular flexibility index (Phi) is 4.57. The number of carboxylic acids is 1. The van der Waals surface area contributed by atoms with E-state index >= 15 is 0 Å². The van der Waals surface area contributed by atoms with Crippen molar-refractivity contribution in [3.05, 3.63) is 29.3 Å². The molecule has 2 N–H and O–H groups in total. The molecular formula is C14H18N2O4. The molecule has 2 amide bonds. The zero-order chi connectivity index (χ0) is 14.5. The van der Waals surface area contributed by atoms with E-state index in [1.807, 2.05) is 0 Å². The lowest BCUT2D eigenvalue weighted by molar-refractivity contribution is 0.0696. The number of hydrogen-bond acceptors (Lipinski definition) is 3. The van der Waals surface area contributed by atoms with Crippen LogP contribution in [0.25, 0.3) is 0 Å². The van der Waals surface area contributed by atoms with Gasteiger partial charge in [-0.05, 0) is 31.0 Å². The van der Waals surface area contributed by atoms with Crippen LogP contribution in [0.15, 0.2) is 18.2 Å². The minimum atomic E-state index is -0.998. The molecule has 0 unspecified atom stereocenters. The SMILES string of the molecule is Cc1c(NC(=O)N2CCCOCC2)cccc1C(=O)O. The molecule has 0 saturated carbocycles. The summed E-state index contributed by atoms with van der Waals surface area (Å²) in [5.74, 6) is -0.998. The molecule has 0 aromatic heterocycles. The molecule has 1 fully saturated rings. The van der Waals surface area contributed by atoms with Gasteiger partial charge in [0.05, 0.1) is 12.2 Å². The van der Waals surface area contributed by atoms with Crippen LogP contribution in [0.3, 0.4) is 0 Å². The van der Waals surface area contributed by atoms with Gasteiger partial charge in [-0.2, -0.15) is 0 Å². The third kappa shape index (κ3) is 3.27. The molecule has 0 bridgehead atoms. The normalized spacial score (nSPS) is 15.6. The average molecular weight is 278 g/mol. The second kappa shape index (κ2) is 6.38. The third-order valence-electron chi connectivity index (χ3n) is 3.32. The second-order valence-electron chi connectivity index (χ2n) is 4.67. The van der Waals surface area contributed by atoms with E-state index in [9.17, 15) is 9.59 Å². The first-order chi connectivity index (χ1) is 9.59. The Morgan fingerprint density at radius 1 is 1.30 bits per heavy atom. The standard InChI is InChI=1S/C14H18N2O4/c1-10-11(13(17)18)4-2-5-12(10)15-14(19)16-6-3-8-20-9-7-16/h2,4-5H,3,6-9H2,1H3,(H,15,19)(H,17,18). The number of rotatable bonds is 2. The molecule has 108 valence electrons. The number of urea groups is 1. The number of ether oxygens (including phenoxy) is 1. The van der Waals surface area contributed by atoms with Crippen LogP contribution in [-0.2, 0) is 4.74 Å². The summed E-state index contributed by atoms with van der Waals surface area (Å²) in [7, 11) is 0. The summed E-state index contributed by atoms with van der Waals surface area (Å²) in [5, 5.41) is 11.8. The van der Waals surface area contributed by atoms with E-state index in [1.54, 1.807) is 24.0 Å². The van der Waals surface area contributed by atoms with Crippen molar-refractivity contribution in [2.45, 2.75) is 13.3 Å². The number of carboxylic acid groups (broad SMARTS) is 1. The first kappa shape index (κ1) is 14.3. The topological polar surface area (TPSA) is 78.9 Å². The Morgan fingerprint density at radius 3 is 2.85 bits per heavy atom. The van der Waals surface area contributed by atoms with Gasteiger partial charge in [0.25, 0.3) is 0 Å². The maximum absolute atomic E-state index is 12.2. The highest BCUT2D eigenvalue weighted by molar-refractivity contribution is 5.95. The van der Waals surface area contributed by atoms with Gasteiger partial charge in [0.15, 0.2) is 0 Å². The zero-order valence-corrected chi connectivity index (χ0v) is 11.4. The molecule has 1 aliphatic heterocycles. The van der Waals surface area contributed by atoms with Crippen molar-refractivity contribution in [3.8, 4) is 0 Å². The largest absolute Gasteiger partial charge is 0.478 e. The summed E-state index contributed by atoms with van der Waals surface area (Å²) in [5.41, 5.74) is 1.28. The summed E-state index contributed by atoms with van der Waals surface area (Å²) in [6, 6.07) is 4.62. The van der Waals surface area contributed by atoms with Crippen molar-refractivity contribution in [1.82, 2.24) is 4.90 Å². The molecule has 6 nitrogen and oxygen atoms in total. The predicted molar refractivity (Wildman–Crippen MR) is 74.2 cm³/mol. The molecule has 0 radical (unpaired) electrons. The number of amides is 2. The van der Waals surface area contributed by atoms with E-state index in [1.165, 1.54) is 6.07 Å². The summed E-state index contributed by atoms with van der Waals surface area (Å²) < 4.78 is 5.30. The summed E-state index contributed by atoms with van der Waals surface area (Å²) in [4.78, 5) is 24.9. The van der Waals surface area contributed by atoms with Gasteiger partial charge in [0.2, 0.25) is 0 Å². The van der Waals surface area contributed by atoms with Crippen molar-refractivity contribution in [3.63, 3.8) is 0 Å². The predicted octanol–water partition coefficient (Wildman–Crippen LogP) is 1.95. The highest BCUT2D eigenvalue weighted by Crippen LogP contribution is 2.19. The smallest absolute Gasteiger partial charge is 0.336 e. The molecular weight excluding hydrogens is 260 g/mol. The van der Waals surface area contributed by atoms with E-state index in [2.05, 4.69) is 5.32 Å². The van der Waals surface area contributed by atoms with E-state index in [4.69, 9.17) is 9.84 Å². The second-order valence-corrected chi connectivity index (χ2v) is 4.67. The van der Waals surface area contributed by atoms with Gasteiger partial charge >= 0.3 is 12.0 Å². The zero-order valence-electron chi connectivity index (χ0n) is 11.4. The van der Waals surface area contributed by atoms with Gasteiger partial charge in [0, 0.05) is 25.4 Å². The van der Waals surface area contributed by atoms with Crippen molar-refractivity contribution >= 4 is 17.7 Å². The Labute approximate surface area is 117 Å². The van der Waals surface area contributed by atoms with Gasteiger partial charge in [-0.15, -0.1) is 0 Å². The van der Waals surface area contributed by atoms with Crippen LogP contribution in [0.2, 0.25) is 0 Å². The minimum absolute atomic E-state index is 0.196. The fourth-order valence-electron chi connectivity index (χ4n) is 2.15. The number of nitrogens with zero attached hydrogens (tertiary/aromatic N) is 1. The number of benzene rings is 1. The first-order valence-electron chi connectivity index (χ1n) is 6.56. The van der Waals surface area contributed by atoms with Crippen LogP contribution in [0.1, 0.15) is 22.3 Å². The minimum Gasteiger partial charge on any atom is -0.478 e. The quantitative estimate of drug-likeness (QED) is 0.866. The van der Waals surface area contributed by atoms with Gasteiger partial charge < -0.3 is 20.1 Å². The lowest BCUT2D eigenvalue weighted by Crippen LogP contribution is -2.36. The van der Waals surface area contributed by atoms with Crippen LogP contribution in [0.5, 0.6) is 0 Å². The number of hydrogen-bond donors (Lipinski definition) is 2. The van der Waals surface area contributed by atoms with Crippen LogP contribution in [0, 0.1) is 6.92 Å². The third-order valence-corrected chi connectivity index (χ3v) is 3.32. The monoisotopic (exact) mass is 278 g/mol. The maximum Gasteiger partial charge on any atom is 0.336 e. The Balaban J connectivity index is 2.11. The summed E-state index contributed by atoms with van der Waals surface area (Å²) in [6.45, 7) is 4.07. The van der Waals surface area contributed by atoms with Gasteiger partial charge in [-0.3, -0.25) is 0 Å². The molecule has 1 aromatic rings. The summed E-state index contributed by atoms with van der Waals surface area (Å²) >= 11 is 0.